The van der Waals surface area contributed by atoms with Crippen LogP contribution in [0.5, 0.6) is 11.5 Å². The molecule has 1 aromatic heterocycles. The van der Waals surface area contributed by atoms with Crippen molar-refractivity contribution in [2.75, 3.05) is 0 Å². The molecule has 18 heavy (non-hydrogen) atoms. The third-order valence-electron chi connectivity index (χ3n) is 2.37. The van der Waals surface area contributed by atoms with Crippen molar-refractivity contribution in [1.82, 2.24) is 4.98 Å². The summed E-state index contributed by atoms with van der Waals surface area (Å²) in [6, 6.07) is 7.16. The van der Waals surface area contributed by atoms with Gasteiger partial charge >= 0.3 is 5.97 Å². The van der Waals surface area contributed by atoms with Crippen molar-refractivity contribution in [2.24, 2.45) is 0 Å². The van der Waals surface area contributed by atoms with Crippen LogP contribution in [0.25, 0.3) is 0 Å². The number of ether oxygens (including phenoxy) is 1. The van der Waals surface area contributed by atoms with Crippen LogP contribution in [0.2, 0.25) is 0 Å². The molecule has 0 spiro atoms. The molecule has 1 heterocycles. The smallest absolute Gasteiger partial charge is 0.342 e. The van der Waals surface area contributed by atoms with Crippen LogP contribution in [-0.4, -0.2) is 16.1 Å². The van der Waals surface area contributed by atoms with E-state index in [2.05, 4.69) is 4.98 Å². The highest BCUT2D eigenvalue weighted by Crippen LogP contribution is 2.28. The number of aryl methyl sites for hydroxylation is 1. The number of carboxylic acid groups (broad SMARTS) is 1. The first-order valence-electron chi connectivity index (χ1n) is 5.21. The zero-order valence-electron chi connectivity index (χ0n) is 9.55. The van der Waals surface area contributed by atoms with Crippen LogP contribution in [0.4, 0.5) is 4.39 Å². The zero-order chi connectivity index (χ0) is 13.1. The van der Waals surface area contributed by atoms with Gasteiger partial charge in [-0.3, -0.25) is 4.98 Å². The molecule has 0 saturated carbocycles. The van der Waals surface area contributed by atoms with E-state index in [0.29, 0.717) is 11.4 Å². The molecule has 1 N–H and O–H groups in total. The van der Waals surface area contributed by atoms with Gasteiger partial charge in [0.15, 0.2) is 0 Å². The Morgan fingerprint density at radius 3 is 2.67 bits per heavy atom. The molecule has 0 aliphatic carbocycles. The quantitative estimate of drug-likeness (QED) is 0.905. The Labute approximate surface area is 103 Å². The minimum Gasteiger partial charge on any atom is -0.477 e. The summed E-state index contributed by atoms with van der Waals surface area (Å²) in [7, 11) is 0. The second-order valence-electron chi connectivity index (χ2n) is 3.61. The minimum absolute atomic E-state index is 0.0430. The lowest BCUT2D eigenvalue weighted by Crippen LogP contribution is -2.04. The van der Waals surface area contributed by atoms with E-state index in [0.717, 1.165) is 6.07 Å². The predicted octanol–water partition coefficient (Wildman–Crippen LogP) is 3.02. The van der Waals surface area contributed by atoms with Crippen molar-refractivity contribution >= 4 is 5.97 Å². The van der Waals surface area contributed by atoms with Crippen LogP contribution in [-0.2, 0) is 0 Å². The van der Waals surface area contributed by atoms with Gasteiger partial charge in [0.2, 0.25) is 0 Å². The average Bonchev–Trinajstić information content (AvgIpc) is 2.31. The van der Waals surface area contributed by atoms with Gasteiger partial charge in [-0.05, 0) is 31.2 Å². The first-order chi connectivity index (χ1) is 8.59. The molecule has 0 amide bonds. The second kappa shape index (κ2) is 4.83. The maximum Gasteiger partial charge on any atom is 0.342 e. The molecule has 1 aromatic carbocycles. The third-order valence-corrected chi connectivity index (χ3v) is 2.37. The molecule has 0 bridgehead atoms. The van der Waals surface area contributed by atoms with Crippen molar-refractivity contribution in [3.05, 3.63) is 53.6 Å². The maximum atomic E-state index is 13.4. The lowest BCUT2D eigenvalue weighted by Gasteiger charge is -2.10. The van der Waals surface area contributed by atoms with Crippen LogP contribution in [0.1, 0.15) is 16.1 Å². The highest BCUT2D eigenvalue weighted by molar-refractivity contribution is 5.91. The first-order valence-corrected chi connectivity index (χ1v) is 5.21. The van der Waals surface area contributed by atoms with Crippen molar-refractivity contribution in [3.8, 4) is 11.5 Å². The highest BCUT2D eigenvalue weighted by atomic mass is 19.1. The number of halogens is 1. The lowest BCUT2D eigenvalue weighted by molar-refractivity contribution is 0.0689. The molecular formula is C13H10FNO3. The summed E-state index contributed by atoms with van der Waals surface area (Å²) < 4.78 is 18.8. The van der Waals surface area contributed by atoms with Crippen molar-refractivity contribution in [1.29, 1.82) is 0 Å². The van der Waals surface area contributed by atoms with E-state index in [4.69, 9.17) is 9.84 Å². The van der Waals surface area contributed by atoms with Gasteiger partial charge in [-0.15, -0.1) is 0 Å². The fourth-order valence-corrected chi connectivity index (χ4v) is 1.49. The number of aromatic nitrogens is 1. The van der Waals surface area contributed by atoms with E-state index >= 15 is 0 Å². The molecule has 92 valence electrons. The summed E-state index contributed by atoms with van der Waals surface area (Å²) in [4.78, 5) is 15.0. The second-order valence-corrected chi connectivity index (χ2v) is 3.61. The number of hydrogen-bond acceptors (Lipinski definition) is 3. The van der Waals surface area contributed by atoms with Crippen molar-refractivity contribution in [3.63, 3.8) is 0 Å². The van der Waals surface area contributed by atoms with Gasteiger partial charge in [-0.1, -0.05) is 6.07 Å². The SMILES string of the molecule is Cc1ncccc1Oc1cccc(F)c1C(=O)O. The summed E-state index contributed by atoms with van der Waals surface area (Å²) in [5.41, 5.74) is 0.110. The molecule has 2 aromatic rings. The van der Waals surface area contributed by atoms with Gasteiger partial charge in [0.1, 0.15) is 22.9 Å². The maximum absolute atomic E-state index is 13.4. The Bertz CT molecular complexity index is 599. The van der Waals surface area contributed by atoms with Crippen LogP contribution < -0.4 is 4.74 Å². The fraction of sp³-hybridized carbons (Fsp3) is 0.0769. The number of carbonyl (C=O) groups is 1. The Morgan fingerprint density at radius 1 is 1.28 bits per heavy atom. The van der Waals surface area contributed by atoms with Crippen LogP contribution in [0.15, 0.2) is 36.5 Å². The molecule has 0 radical (unpaired) electrons. The number of carboxylic acids is 1. The minimum atomic E-state index is -1.37. The number of aromatic carboxylic acids is 1. The van der Waals surface area contributed by atoms with Gasteiger partial charge in [0.05, 0.1) is 5.69 Å². The molecule has 5 heteroatoms. The Morgan fingerprint density at radius 2 is 2.00 bits per heavy atom. The average molecular weight is 247 g/mol. The van der Waals surface area contributed by atoms with Gasteiger partial charge in [-0.2, -0.15) is 0 Å². The normalized spacial score (nSPS) is 10.1. The highest BCUT2D eigenvalue weighted by Gasteiger charge is 2.17. The Balaban J connectivity index is 2.44. The van der Waals surface area contributed by atoms with E-state index in [1.165, 1.54) is 12.1 Å². The van der Waals surface area contributed by atoms with Crippen molar-refractivity contribution < 1.29 is 19.0 Å². The molecule has 2 rings (SSSR count). The van der Waals surface area contributed by atoms with E-state index < -0.39 is 17.3 Å². The fourth-order valence-electron chi connectivity index (χ4n) is 1.49. The molecular weight excluding hydrogens is 237 g/mol. The third kappa shape index (κ3) is 2.29. The number of hydrogen-bond donors (Lipinski definition) is 1. The number of pyridine rings is 1. The summed E-state index contributed by atoms with van der Waals surface area (Å²) in [6.45, 7) is 1.72. The van der Waals surface area contributed by atoms with E-state index in [-0.39, 0.29) is 5.75 Å². The van der Waals surface area contributed by atoms with Crippen molar-refractivity contribution in [2.45, 2.75) is 6.92 Å². The van der Waals surface area contributed by atoms with Crippen LogP contribution >= 0.6 is 0 Å². The number of rotatable bonds is 3. The Kier molecular flexibility index (Phi) is 3.23. The molecule has 0 aliphatic rings. The molecule has 0 atom stereocenters. The molecule has 4 nitrogen and oxygen atoms in total. The van der Waals surface area contributed by atoms with Gasteiger partial charge in [0, 0.05) is 6.20 Å². The van der Waals surface area contributed by atoms with Gasteiger partial charge in [0.25, 0.3) is 0 Å². The molecule has 0 saturated heterocycles. The van der Waals surface area contributed by atoms with E-state index in [9.17, 15) is 9.18 Å². The first kappa shape index (κ1) is 12.0. The van der Waals surface area contributed by atoms with E-state index in [1.807, 2.05) is 0 Å². The molecule has 0 aliphatic heterocycles. The number of nitrogens with zero attached hydrogens (tertiary/aromatic N) is 1. The van der Waals surface area contributed by atoms with Crippen LogP contribution in [0.3, 0.4) is 0 Å². The lowest BCUT2D eigenvalue weighted by atomic mass is 10.2. The Hall–Kier alpha value is -2.43. The van der Waals surface area contributed by atoms with Crippen LogP contribution in [0, 0.1) is 12.7 Å². The summed E-state index contributed by atoms with van der Waals surface area (Å²) in [5.74, 6) is -1.85. The van der Waals surface area contributed by atoms with Gasteiger partial charge < -0.3 is 9.84 Å². The summed E-state index contributed by atoms with van der Waals surface area (Å²) >= 11 is 0. The molecule has 0 unspecified atom stereocenters. The van der Waals surface area contributed by atoms with Gasteiger partial charge in [-0.25, -0.2) is 9.18 Å². The summed E-state index contributed by atoms with van der Waals surface area (Å²) in [6.07, 6.45) is 1.59. The predicted molar refractivity (Wildman–Crippen MR) is 62.4 cm³/mol. The largest absolute Gasteiger partial charge is 0.477 e. The number of benzene rings is 1. The molecule has 0 fully saturated rings. The van der Waals surface area contributed by atoms with E-state index in [1.54, 1.807) is 25.3 Å². The summed E-state index contributed by atoms with van der Waals surface area (Å²) in [5, 5.41) is 8.96. The standard InChI is InChI=1S/C13H10FNO3/c1-8-10(6-3-7-15-8)18-11-5-2-4-9(14)12(11)13(16)17/h2-7H,1H3,(H,16,17). The topological polar surface area (TPSA) is 59.4 Å². The zero-order valence-corrected chi connectivity index (χ0v) is 9.55. The monoisotopic (exact) mass is 247 g/mol.